The van der Waals surface area contributed by atoms with Crippen LogP contribution in [0.1, 0.15) is 16.1 Å². The fourth-order valence-corrected chi connectivity index (χ4v) is 1.42. The van der Waals surface area contributed by atoms with Crippen molar-refractivity contribution >= 4 is 11.7 Å². The molecule has 0 aliphatic rings. The SMILES string of the molecule is Cc1ccc(C(=O)Nc2ncccc2O)c(=O)[nH]1. The summed E-state index contributed by atoms with van der Waals surface area (Å²) in [5.41, 5.74) is 0.144. The third kappa shape index (κ3) is 2.37. The van der Waals surface area contributed by atoms with Crippen molar-refractivity contribution in [3.63, 3.8) is 0 Å². The molecule has 2 heterocycles. The molecule has 0 unspecified atom stereocenters. The van der Waals surface area contributed by atoms with Gasteiger partial charge in [0.05, 0.1) is 0 Å². The van der Waals surface area contributed by atoms with Crippen molar-refractivity contribution in [3.8, 4) is 5.75 Å². The van der Waals surface area contributed by atoms with E-state index in [4.69, 9.17) is 0 Å². The maximum Gasteiger partial charge on any atom is 0.262 e. The van der Waals surface area contributed by atoms with E-state index in [2.05, 4.69) is 15.3 Å². The van der Waals surface area contributed by atoms with E-state index < -0.39 is 11.5 Å². The van der Waals surface area contributed by atoms with Crippen LogP contribution in [-0.2, 0) is 0 Å². The number of anilines is 1. The van der Waals surface area contributed by atoms with Gasteiger partial charge < -0.3 is 15.4 Å². The molecule has 6 heteroatoms. The molecule has 2 aromatic heterocycles. The molecule has 0 bridgehead atoms. The number of aromatic nitrogens is 2. The molecule has 0 fully saturated rings. The van der Waals surface area contributed by atoms with Gasteiger partial charge in [-0.25, -0.2) is 4.98 Å². The minimum atomic E-state index is -0.620. The first-order valence-corrected chi connectivity index (χ1v) is 5.23. The number of hydrogen-bond acceptors (Lipinski definition) is 4. The van der Waals surface area contributed by atoms with Crippen molar-refractivity contribution in [3.05, 3.63) is 52.1 Å². The van der Waals surface area contributed by atoms with Crippen LogP contribution < -0.4 is 10.9 Å². The fourth-order valence-electron chi connectivity index (χ4n) is 1.42. The molecular formula is C12H11N3O3. The van der Waals surface area contributed by atoms with Crippen molar-refractivity contribution in [2.24, 2.45) is 0 Å². The summed E-state index contributed by atoms with van der Waals surface area (Å²) in [6.45, 7) is 1.72. The lowest BCUT2D eigenvalue weighted by molar-refractivity contribution is 0.102. The third-order valence-electron chi connectivity index (χ3n) is 2.32. The average molecular weight is 245 g/mol. The first-order valence-electron chi connectivity index (χ1n) is 5.23. The summed E-state index contributed by atoms with van der Waals surface area (Å²) < 4.78 is 0. The second-order valence-corrected chi connectivity index (χ2v) is 3.71. The van der Waals surface area contributed by atoms with Gasteiger partial charge in [0, 0.05) is 11.9 Å². The Hall–Kier alpha value is -2.63. The van der Waals surface area contributed by atoms with E-state index in [1.165, 1.54) is 24.4 Å². The van der Waals surface area contributed by atoms with E-state index in [0.717, 1.165) is 0 Å². The Balaban J connectivity index is 2.28. The van der Waals surface area contributed by atoms with Crippen LogP contribution in [0.2, 0.25) is 0 Å². The Bertz CT molecular complexity index is 649. The number of hydrogen-bond donors (Lipinski definition) is 3. The predicted molar refractivity (Wildman–Crippen MR) is 65.7 cm³/mol. The van der Waals surface area contributed by atoms with Crippen molar-refractivity contribution in [1.82, 2.24) is 9.97 Å². The van der Waals surface area contributed by atoms with Crippen LogP contribution in [0.3, 0.4) is 0 Å². The zero-order chi connectivity index (χ0) is 13.1. The van der Waals surface area contributed by atoms with Crippen molar-refractivity contribution < 1.29 is 9.90 Å². The Kier molecular flexibility index (Phi) is 3.09. The highest BCUT2D eigenvalue weighted by Gasteiger charge is 2.12. The lowest BCUT2D eigenvalue weighted by Gasteiger charge is -2.05. The molecule has 0 radical (unpaired) electrons. The number of H-pyrrole nitrogens is 1. The van der Waals surface area contributed by atoms with Gasteiger partial charge in [-0.05, 0) is 31.2 Å². The number of carbonyl (C=O) groups excluding carboxylic acids is 1. The minimum absolute atomic E-state index is 0.0162. The molecule has 0 aliphatic heterocycles. The Morgan fingerprint density at radius 2 is 2.17 bits per heavy atom. The smallest absolute Gasteiger partial charge is 0.262 e. The number of amides is 1. The minimum Gasteiger partial charge on any atom is -0.504 e. The van der Waals surface area contributed by atoms with E-state index in [9.17, 15) is 14.7 Å². The van der Waals surface area contributed by atoms with E-state index in [1.807, 2.05) is 0 Å². The van der Waals surface area contributed by atoms with Gasteiger partial charge in [-0.1, -0.05) is 0 Å². The van der Waals surface area contributed by atoms with Gasteiger partial charge in [-0.15, -0.1) is 0 Å². The van der Waals surface area contributed by atoms with E-state index in [0.29, 0.717) is 5.69 Å². The van der Waals surface area contributed by atoms with Crippen LogP contribution in [0.4, 0.5) is 5.82 Å². The fraction of sp³-hybridized carbons (Fsp3) is 0.0833. The summed E-state index contributed by atoms with van der Waals surface area (Å²) in [4.78, 5) is 29.7. The van der Waals surface area contributed by atoms with E-state index >= 15 is 0 Å². The number of aryl methyl sites for hydroxylation is 1. The molecule has 0 aromatic carbocycles. The lowest BCUT2D eigenvalue weighted by Crippen LogP contribution is -2.23. The molecule has 0 aliphatic carbocycles. The molecule has 0 atom stereocenters. The maximum absolute atomic E-state index is 11.8. The van der Waals surface area contributed by atoms with Gasteiger partial charge in [-0.3, -0.25) is 9.59 Å². The summed E-state index contributed by atoms with van der Waals surface area (Å²) in [5.74, 6) is -0.762. The highest BCUT2D eigenvalue weighted by molar-refractivity contribution is 6.04. The zero-order valence-corrected chi connectivity index (χ0v) is 9.60. The quantitative estimate of drug-likeness (QED) is 0.736. The number of nitrogens with zero attached hydrogens (tertiary/aromatic N) is 1. The second kappa shape index (κ2) is 4.70. The highest BCUT2D eigenvalue weighted by atomic mass is 16.3. The first kappa shape index (κ1) is 11.8. The predicted octanol–water partition coefficient (Wildman–Crippen LogP) is 1.04. The van der Waals surface area contributed by atoms with Gasteiger partial charge in [0.15, 0.2) is 11.6 Å². The van der Waals surface area contributed by atoms with Gasteiger partial charge in [0.1, 0.15) is 5.56 Å². The summed E-state index contributed by atoms with van der Waals surface area (Å²) >= 11 is 0. The topological polar surface area (TPSA) is 95.1 Å². The Morgan fingerprint density at radius 3 is 2.83 bits per heavy atom. The molecule has 6 nitrogen and oxygen atoms in total. The van der Waals surface area contributed by atoms with E-state index in [1.54, 1.807) is 13.0 Å². The monoisotopic (exact) mass is 245 g/mol. The molecule has 2 rings (SSSR count). The number of aromatic hydroxyl groups is 1. The zero-order valence-electron chi connectivity index (χ0n) is 9.60. The lowest BCUT2D eigenvalue weighted by atomic mass is 10.2. The summed E-state index contributed by atoms with van der Waals surface area (Å²) in [7, 11) is 0. The van der Waals surface area contributed by atoms with Crippen LogP contribution >= 0.6 is 0 Å². The Labute approximate surface area is 102 Å². The average Bonchev–Trinajstić information content (AvgIpc) is 2.32. The standard InChI is InChI=1S/C12H11N3O3/c1-7-4-5-8(11(17)14-7)12(18)15-10-9(16)3-2-6-13-10/h2-6,16H,1H3,(H,14,17)(H,13,15,18). The van der Waals surface area contributed by atoms with Crippen LogP contribution in [0, 0.1) is 6.92 Å². The highest BCUT2D eigenvalue weighted by Crippen LogP contribution is 2.18. The van der Waals surface area contributed by atoms with Crippen LogP contribution in [0.15, 0.2) is 35.3 Å². The molecule has 92 valence electrons. The summed E-state index contributed by atoms with van der Waals surface area (Å²) in [5, 5.41) is 11.8. The Morgan fingerprint density at radius 1 is 1.39 bits per heavy atom. The number of nitrogens with one attached hydrogen (secondary N) is 2. The van der Waals surface area contributed by atoms with Crippen molar-refractivity contribution in [1.29, 1.82) is 0 Å². The maximum atomic E-state index is 11.8. The van der Waals surface area contributed by atoms with Gasteiger partial charge in [-0.2, -0.15) is 0 Å². The largest absolute Gasteiger partial charge is 0.504 e. The molecule has 1 amide bonds. The van der Waals surface area contributed by atoms with Crippen molar-refractivity contribution in [2.45, 2.75) is 6.92 Å². The van der Waals surface area contributed by atoms with Gasteiger partial charge >= 0.3 is 0 Å². The summed E-state index contributed by atoms with van der Waals surface area (Å²) in [6.07, 6.45) is 1.43. The van der Waals surface area contributed by atoms with Gasteiger partial charge in [0.25, 0.3) is 11.5 Å². The van der Waals surface area contributed by atoms with Crippen LogP contribution in [0.25, 0.3) is 0 Å². The molecular weight excluding hydrogens is 234 g/mol. The molecule has 0 saturated carbocycles. The van der Waals surface area contributed by atoms with E-state index in [-0.39, 0.29) is 17.1 Å². The van der Waals surface area contributed by atoms with Gasteiger partial charge in [0.2, 0.25) is 0 Å². The molecule has 0 saturated heterocycles. The third-order valence-corrected chi connectivity index (χ3v) is 2.32. The summed E-state index contributed by atoms with van der Waals surface area (Å²) in [6, 6.07) is 5.96. The second-order valence-electron chi connectivity index (χ2n) is 3.71. The number of pyridine rings is 2. The molecule has 0 spiro atoms. The first-order chi connectivity index (χ1) is 8.58. The number of aromatic amines is 1. The van der Waals surface area contributed by atoms with Crippen molar-refractivity contribution in [2.75, 3.05) is 5.32 Å². The molecule has 2 aromatic rings. The van der Waals surface area contributed by atoms with Crippen LogP contribution in [0.5, 0.6) is 5.75 Å². The number of carbonyl (C=O) groups is 1. The molecule has 18 heavy (non-hydrogen) atoms. The number of rotatable bonds is 2. The van der Waals surface area contributed by atoms with Crippen LogP contribution in [-0.4, -0.2) is 21.0 Å². The normalized spacial score (nSPS) is 10.1. The molecule has 3 N–H and O–H groups in total.